The van der Waals surface area contributed by atoms with Crippen LogP contribution in [0.25, 0.3) is 0 Å². The van der Waals surface area contributed by atoms with Crippen LogP contribution in [0.4, 0.5) is 0 Å². The van der Waals surface area contributed by atoms with Crippen molar-refractivity contribution in [3.05, 3.63) is 35.4 Å². The van der Waals surface area contributed by atoms with Gasteiger partial charge in [-0.1, -0.05) is 29.8 Å². The van der Waals surface area contributed by atoms with Gasteiger partial charge < -0.3 is 5.11 Å². The Bertz CT molecular complexity index is 611. The minimum absolute atomic E-state index is 0.0726. The molecule has 0 spiro atoms. The Balaban J connectivity index is 1.63. The van der Waals surface area contributed by atoms with E-state index in [1.54, 1.807) is 0 Å². The number of rotatable bonds is 3. The average Bonchev–Trinajstić information content (AvgIpc) is 2.75. The number of nitrogens with zero attached hydrogens (tertiary/aromatic N) is 1. The molecule has 0 aliphatic carbocycles. The van der Waals surface area contributed by atoms with Crippen molar-refractivity contribution < 1.29 is 13.5 Å². The molecule has 2 aliphatic rings. The largest absolute Gasteiger partial charge is 0.390 e. The highest BCUT2D eigenvalue weighted by Crippen LogP contribution is 2.26. The van der Waals surface area contributed by atoms with Crippen molar-refractivity contribution in [1.82, 2.24) is 4.90 Å². The van der Waals surface area contributed by atoms with E-state index in [0.29, 0.717) is 5.92 Å². The molecule has 22 heavy (non-hydrogen) atoms. The van der Waals surface area contributed by atoms with Gasteiger partial charge in [0.05, 0.1) is 23.7 Å². The third-order valence-corrected chi connectivity index (χ3v) is 6.66. The van der Waals surface area contributed by atoms with E-state index in [1.165, 1.54) is 17.5 Å². The number of aliphatic hydroxyl groups is 1. The van der Waals surface area contributed by atoms with E-state index < -0.39 is 15.9 Å². The van der Waals surface area contributed by atoms with E-state index >= 15 is 0 Å². The zero-order chi connectivity index (χ0) is 15.7. The van der Waals surface area contributed by atoms with Crippen LogP contribution in [-0.4, -0.2) is 55.2 Å². The van der Waals surface area contributed by atoms with Gasteiger partial charge in [-0.3, -0.25) is 4.90 Å². The third kappa shape index (κ3) is 3.70. The molecule has 3 rings (SSSR count). The molecular weight excluding hydrogens is 298 g/mol. The summed E-state index contributed by atoms with van der Waals surface area (Å²) in [6.07, 6.45) is 2.58. The first-order valence-corrected chi connectivity index (χ1v) is 9.93. The van der Waals surface area contributed by atoms with Crippen LogP contribution >= 0.6 is 0 Å². The van der Waals surface area contributed by atoms with Crippen molar-refractivity contribution in [2.24, 2.45) is 5.92 Å². The molecule has 2 heterocycles. The fraction of sp³-hybridized carbons (Fsp3) is 0.647. The standard InChI is InChI=1S/C17H25NO3S/c1-13-4-6-14(7-5-13)9-15-3-2-8-18(10-15)16-11-22(20,21)12-17(16)19/h4-7,15-17,19H,2-3,8-12H2,1H3/t15-,16-,17+/m0/s1. The number of hydrogen-bond acceptors (Lipinski definition) is 4. The summed E-state index contributed by atoms with van der Waals surface area (Å²) in [6.45, 7) is 3.89. The molecule has 1 aromatic carbocycles. The van der Waals surface area contributed by atoms with Crippen molar-refractivity contribution in [2.75, 3.05) is 24.6 Å². The lowest BCUT2D eigenvalue weighted by molar-refractivity contribution is 0.0535. The minimum Gasteiger partial charge on any atom is -0.390 e. The predicted molar refractivity (Wildman–Crippen MR) is 87.6 cm³/mol. The molecule has 0 aromatic heterocycles. The highest BCUT2D eigenvalue weighted by Gasteiger charge is 2.41. The molecule has 0 unspecified atom stereocenters. The van der Waals surface area contributed by atoms with Gasteiger partial charge in [-0.15, -0.1) is 0 Å². The maximum Gasteiger partial charge on any atom is 0.154 e. The smallest absolute Gasteiger partial charge is 0.154 e. The van der Waals surface area contributed by atoms with Crippen LogP contribution < -0.4 is 0 Å². The molecule has 1 N–H and O–H groups in total. The molecule has 2 aliphatic heterocycles. The maximum atomic E-state index is 11.7. The summed E-state index contributed by atoms with van der Waals surface area (Å²) in [4.78, 5) is 2.21. The van der Waals surface area contributed by atoms with Gasteiger partial charge in [-0.25, -0.2) is 8.42 Å². The van der Waals surface area contributed by atoms with Gasteiger partial charge in [0.25, 0.3) is 0 Å². The minimum atomic E-state index is -3.07. The molecule has 1 aromatic rings. The summed E-state index contributed by atoms with van der Waals surface area (Å²) in [5.74, 6) is 0.592. The Labute approximate surface area is 133 Å². The summed E-state index contributed by atoms with van der Waals surface area (Å²) in [5.41, 5.74) is 2.62. The highest BCUT2D eigenvalue weighted by molar-refractivity contribution is 7.91. The van der Waals surface area contributed by atoms with Crippen molar-refractivity contribution >= 4 is 9.84 Å². The number of piperidine rings is 1. The van der Waals surface area contributed by atoms with Crippen molar-refractivity contribution in [3.8, 4) is 0 Å². The normalized spacial score (nSPS) is 32.2. The van der Waals surface area contributed by atoms with E-state index in [-0.39, 0.29) is 17.5 Å². The number of hydrogen-bond donors (Lipinski definition) is 1. The molecule has 0 radical (unpaired) electrons. The summed E-state index contributed by atoms with van der Waals surface area (Å²) < 4.78 is 23.4. The van der Waals surface area contributed by atoms with Crippen LogP contribution in [0.3, 0.4) is 0 Å². The van der Waals surface area contributed by atoms with Gasteiger partial charge >= 0.3 is 0 Å². The fourth-order valence-electron chi connectivity index (χ4n) is 3.78. The van der Waals surface area contributed by atoms with E-state index in [2.05, 4.69) is 36.1 Å². The summed E-state index contributed by atoms with van der Waals surface area (Å²) >= 11 is 0. The topological polar surface area (TPSA) is 57.6 Å². The molecular formula is C17H25NO3S. The van der Waals surface area contributed by atoms with Crippen molar-refractivity contribution in [2.45, 2.75) is 38.3 Å². The lowest BCUT2D eigenvalue weighted by atomic mass is 9.90. The zero-order valence-corrected chi connectivity index (χ0v) is 13.9. The number of sulfone groups is 1. The molecule has 0 bridgehead atoms. The number of aliphatic hydroxyl groups excluding tert-OH is 1. The highest BCUT2D eigenvalue weighted by atomic mass is 32.2. The number of aryl methyl sites for hydroxylation is 1. The molecule has 122 valence electrons. The predicted octanol–water partition coefficient (Wildman–Crippen LogP) is 1.41. The van der Waals surface area contributed by atoms with Crippen LogP contribution in [0, 0.1) is 12.8 Å². The summed E-state index contributed by atoms with van der Waals surface area (Å²) in [7, 11) is -3.07. The van der Waals surface area contributed by atoms with E-state index in [9.17, 15) is 13.5 Å². The Morgan fingerprint density at radius 1 is 1.23 bits per heavy atom. The van der Waals surface area contributed by atoms with E-state index in [0.717, 1.165) is 25.9 Å². The molecule has 5 heteroatoms. The zero-order valence-electron chi connectivity index (χ0n) is 13.1. The van der Waals surface area contributed by atoms with E-state index in [1.807, 2.05) is 0 Å². The molecule has 0 saturated carbocycles. The second-order valence-corrected chi connectivity index (χ2v) is 9.06. The molecule has 4 nitrogen and oxygen atoms in total. The average molecular weight is 323 g/mol. The molecule has 2 saturated heterocycles. The van der Waals surface area contributed by atoms with E-state index in [4.69, 9.17) is 0 Å². The first kappa shape index (κ1) is 16.0. The maximum absolute atomic E-state index is 11.7. The number of likely N-dealkylation sites (tertiary alicyclic amines) is 1. The summed E-state index contributed by atoms with van der Waals surface area (Å²) in [5, 5.41) is 10.1. The monoisotopic (exact) mass is 323 g/mol. The van der Waals surface area contributed by atoms with Gasteiger partial charge in [0.2, 0.25) is 0 Å². The number of benzene rings is 1. The Kier molecular flexibility index (Phi) is 4.57. The Hall–Kier alpha value is -0.910. The third-order valence-electron chi connectivity index (χ3n) is 4.96. The quantitative estimate of drug-likeness (QED) is 0.914. The Morgan fingerprint density at radius 2 is 1.95 bits per heavy atom. The first-order valence-electron chi connectivity index (χ1n) is 8.11. The SMILES string of the molecule is Cc1ccc(C[C@@H]2CCCN([C@H]3CS(=O)(=O)C[C@H]3O)C2)cc1. The van der Waals surface area contributed by atoms with Gasteiger partial charge in [-0.05, 0) is 44.2 Å². The van der Waals surface area contributed by atoms with Crippen LogP contribution in [0.15, 0.2) is 24.3 Å². The van der Waals surface area contributed by atoms with Gasteiger partial charge in [-0.2, -0.15) is 0 Å². The molecule has 3 atom stereocenters. The van der Waals surface area contributed by atoms with Gasteiger partial charge in [0, 0.05) is 6.54 Å². The van der Waals surface area contributed by atoms with Crippen LogP contribution in [0.5, 0.6) is 0 Å². The first-order chi connectivity index (χ1) is 10.4. The van der Waals surface area contributed by atoms with Crippen LogP contribution in [-0.2, 0) is 16.3 Å². The van der Waals surface area contributed by atoms with Gasteiger partial charge in [0.15, 0.2) is 9.84 Å². The van der Waals surface area contributed by atoms with Crippen LogP contribution in [0.1, 0.15) is 24.0 Å². The second kappa shape index (κ2) is 6.30. The van der Waals surface area contributed by atoms with Crippen molar-refractivity contribution in [1.29, 1.82) is 0 Å². The lowest BCUT2D eigenvalue weighted by Crippen LogP contribution is -2.48. The molecule has 0 amide bonds. The lowest BCUT2D eigenvalue weighted by Gasteiger charge is -2.37. The second-order valence-electron chi connectivity index (χ2n) is 6.90. The Morgan fingerprint density at radius 3 is 2.59 bits per heavy atom. The molecule has 2 fully saturated rings. The summed E-state index contributed by atoms with van der Waals surface area (Å²) in [6, 6.07) is 8.45. The van der Waals surface area contributed by atoms with Crippen LogP contribution in [0.2, 0.25) is 0 Å². The van der Waals surface area contributed by atoms with Crippen molar-refractivity contribution in [3.63, 3.8) is 0 Å². The fourth-order valence-corrected chi connectivity index (χ4v) is 5.61. The van der Waals surface area contributed by atoms with Gasteiger partial charge in [0.1, 0.15) is 0 Å².